The summed E-state index contributed by atoms with van der Waals surface area (Å²) in [6.45, 7) is 0. The van der Waals surface area contributed by atoms with E-state index in [9.17, 15) is 40.9 Å². The van der Waals surface area contributed by atoms with E-state index in [4.69, 9.17) is 0 Å². The fourth-order valence-electron chi connectivity index (χ4n) is 12.0. The van der Waals surface area contributed by atoms with E-state index in [1.54, 1.807) is 48.5 Å². The zero-order chi connectivity index (χ0) is 53.0. The zero-order valence-electron chi connectivity index (χ0n) is 43.8. The van der Waals surface area contributed by atoms with Crippen molar-refractivity contribution >= 4 is 0 Å². The SMILES string of the molecule is C.OC1=C(C(N[C@@H]2CCCC[C@H]2NC(C2=CC=CC[C@H]2O)C2=C(O)CCC=C2)C2=CC=CC[C@H]2O)C=CCC1.Oc1ccccc1C(N[C@@H]1CCCC[C@H]1NC(c1ccccc1O)c1ccccc1O)c1ccccc1O.[Ti+2]. The molecule has 0 saturated heterocycles. The number of hydrogen-bond donors (Lipinski definition) is 12. The molecule has 0 amide bonds. The summed E-state index contributed by atoms with van der Waals surface area (Å²) < 4.78 is 0. The Hall–Kier alpha value is -5.93. The first-order valence-electron chi connectivity index (χ1n) is 27.5. The first kappa shape index (κ1) is 59.7. The van der Waals surface area contributed by atoms with Gasteiger partial charge in [-0.1, -0.05) is 167 Å². The van der Waals surface area contributed by atoms with Gasteiger partial charge in [0.1, 0.15) is 23.0 Å². The van der Waals surface area contributed by atoms with Gasteiger partial charge in [-0.05, 0) is 86.8 Å². The molecular formula is C65H80N4O8Ti+2. The van der Waals surface area contributed by atoms with Crippen LogP contribution in [0.25, 0.3) is 0 Å². The predicted molar refractivity (Wildman–Crippen MR) is 307 cm³/mol. The summed E-state index contributed by atoms with van der Waals surface area (Å²) in [6.07, 6.45) is 30.8. The zero-order valence-corrected chi connectivity index (χ0v) is 45.3. The topological polar surface area (TPSA) is 210 Å². The van der Waals surface area contributed by atoms with E-state index < -0.39 is 24.3 Å². The molecule has 0 aromatic heterocycles. The van der Waals surface area contributed by atoms with Gasteiger partial charge in [0.15, 0.2) is 0 Å². The van der Waals surface area contributed by atoms with Crippen LogP contribution in [0, 0.1) is 0 Å². The van der Waals surface area contributed by atoms with Crippen LogP contribution < -0.4 is 21.3 Å². The number of hydrogen-bond acceptors (Lipinski definition) is 12. The summed E-state index contributed by atoms with van der Waals surface area (Å²) >= 11 is 0. The van der Waals surface area contributed by atoms with Gasteiger partial charge in [-0.25, -0.2) is 0 Å². The van der Waals surface area contributed by atoms with Crippen molar-refractivity contribution in [2.24, 2.45) is 0 Å². The summed E-state index contributed by atoms with van der Waals surface area (Å²) in [5, 5.41) is 102. The number of rotatable bonds is 16. The van der Waals surface area contributed by atoms with Crippen LogP contribution >= 0.6 is 0 Å². The fourth-order valence-corrected chi connectivity index (χ4v) is 12.0. The van der Waals surface area contributed by atoms with E-state index >= 15 is 0 Å². The van der Waals surface area contributed by atoms with Gasteiger partial charge in [0, 0.05) is 70.4 Å². The number of nitrogens with one attached hydrogen (secondary N) is 4. The Morgan fingerprint density at radius 2 is 0.692 bits per heavy atom. The van der Waals surface area contributed by atoms with Crippen LogP contribution in [0.5, 0.6) is 23.0 Å². The van der Waals surface area contributed by atoms with Crippen LogP contribution in [0.4, 0.5) is 0 Å². The molecule has 12 N–H and O–H groups in total. The molecule has 0 spiro atoms. The Morgan fingerprint density at radius 3 is 0.974 bits per heavy atom. The normalized spacial score (nSPS) is 23.8. The minimum absolute atomic E-state index is 0. The van der Waals surface area contributed by atoms with E-state index in [2.05, 4.69) is 33.4 Å². The van der Waals surface area contributed by atoms with Crippen LogP contribution in [-0.4, -0.2) is 89.3 Å². The van der Waals surface area contributed by atoms with Crippen molar-refractivity contribution in [3.63, 3.8) is 0 Å². The molecule has 4 aromatic carbocycles. The van der Waals surface area contributed by atoms with Gasteiger partial charge in [0.2, 0.25) is 0 Å². The maximum atomic E-state index is 10.9. The number of phenols is 4. The Bertz CT molecular complexity index is 2610. The van der Waals surface area contributed by atoms with Crippen LogP contribution in [0.15, 0.2) is 192 Å². The monoisotopic (exact) mass is 1090 g/mol. The maximum absolute atomic E-state index is 10.9. The molecule has 78 heavy (non-hydrogen) atoms. The number of allylic oxidation sites excluding steroid dienone is 8. The van der Waals surface area contributed by atoms with Gasteiger partial charge in [-0.3, -0.25) is 0 Å². The van der Waals surface area contributed by atoms with E-state index in [0.29, 0.717) is 59.5 Å². The molecule has 0 heterocycles. The number of aliphatic hydroxyl groups is 4. The second kappa shape index (κ2) is 28.8. The second-order valence-corrected chi connectivity index (χ2v) is 21.0. The minimum Gasteiger partial charge on any atom is -0.512 e. The Balaban J connectivity index is 0.000000220. The second-order valence-electron chi connectivity index (χ2n) is 21.0. The molecule has 2 saturated carbocycles. The smallest absolute Gasteiger partial charge is 0.512 e. The summed E-state index contributed by atoms with van der Waals surface area (Å²) in [5.74, 6) is 1.42. The number of phenolic OH excluding ortho intramolecular Hbond substituents is 4. The Kier molecular flexibility index (Phi) is 22.1. The van der Waals surface area contributed by atoms with Crippen molar-refractivity contribution in [3.8, 4) is 23.0 Å². The number of para-hydroxylation sites is 4. The summed E-state index contributed by atoms with van der Waals surface area (Å²) in [4.78, 5) is 0. The van der Waals surface area contributed by atoms with E-state index in [1.807, 2.05) is 97.1 Å². The van der Waals surface area contributed by atoms with E-state index in [-0.39, 0.29) is 88.4 Å². The summed E-state index contributed by atoms with van der Waals surface area (Å²) in [6, 6.07) is 27.5. The van der Waals surface area contributed by atoms with Crippen molar-refractivity contribution in [2.75, 3.05) is 0 Å². The summed E-state index contributed by atoms with van der Waals surface area (Å²) in [5.41, 5.74) is 6.20. The molecule has 10 rings (SSSR count). The molecule has 12 nitrogen and oxygen atoms in total. The Morgan fingerprint density at radius 1 is 0.397 bits per heavy atom. The molecule has 8 atom stereocenters. The van der Waals surface area contributed by atoms with Crippen molar-refractivity contribution in [2.45, 2.75) is 158 Å². The van der Waals surface area contributed by atoms with Crippen LogP contribution in [-0.2, 0) is 21.7 Å². The molecule has 6 aliphatic rings. The largest absolute Gasteiger partial charge is 2.00 e. The number of aromatic hydroxyl groups is 4. The standard InChI is InChI=1S/C32H42N2O4.C32H34N2O4.CH4.Ti/c2*35-27-17-7-1-11-21(27)31(22-12-2-8-18-28(22)36)33-25-15-5-6-16-26(25)34-32(23-13-3-9-19-29(23)37)24-14-4-10-20-30(24)38;;/h1-4,7,9,11-14,25-27,29,31-38H,5-6,8,10,15-20H2;1-4,7-14,17-20,25-26,31-38H,5-6,15-16H2;1H4;/q;;;+2/t25-,26-,27-,29-,31?,32?;25-,26-;;/m11../s1. The third kappa shape index (κ3) is 14.5. The molecule has 0 bridgehead atoms. The third-order valence-corrected chi connectivity index (χ3v) is 16.0. The van der Waals surface area contributed by atoms with E-state index in [0.717, 1.165) is 86.5 Å². The predicted octanol–water partition coefficient (Wildman–Crippen LogP) is 11.5. The Labute approximate surface area is 476 Å². The van der Waals surface area contributed by atoms with Crippen LogP contribution in [0.1, 0.15) is 132 Å². The minimum atomic E-state index is -0.598. The molecule has 0 aliphatic heterocycles. The van der Waals surface area contributed by atoms with Gasteiger partial charge < -0.3 is 62.1 Å². The van der Waals surface area contributed by atoms with Gasteiger partial charge in [0.05, 0.1) is 47.9 Å². The molecule has 410 valence electrons. The molecule has 6 aliphatic carbocycles. The van der Waals surface area contributed by atoms with Gasteiger partial charge >= 0.3 is 21.7 Å². The fraction of sp³-hybridized carbons (Fsp3) is 0.385. The van der Waals surface area contributed by atoms with Crippen molar-refractivity contribution < 1.29 is 62.6 Å². The maximum Gasteiger partial charge on any atom is 2.00 e. The van der Waals surface area contributed by atoms with Crippen LogP contribution in [0.3, 0.4) is 0 Å². The molecular weight excluding hydrogens is 1010 g/mol. The molecule has 13 heteroatoms. The van der Waals surface area contributed by atoms with Crippen molar-refractivity contribution in [1.29, 1.82) is 0 Å². The first-order valence-corrected chi connectivity index (χ1v) is 27.5. The molecule has 2 fully saturated rings. The molecule has 0 radical (unpaired) electrons. The van der Waals surface area contributed by atoms with Gasteiger partial charge in [-0.15, -0.1) is 0 Å². The third-order valence-electron chi connectivity index (χ3n) is 16.0. The van der Waals surface area contributed by atoms with Crippen molar-refractivity contribution in [3.05, 3.63) is 214 Å². The average molecular weight is 1090 g/mol. The average Bonchev–Trinajstić information content (AvgIpc) is 3.45. The number of benzene rings is 4. The number of aliphatic hydroxyl groups excluding tert-OH is 4. The molecule has 4 aromatic rings. The quantitative estimate of drug-likeness (QED) is 0.0473. The first-order chi connectivity index (χ1) is 37.0. The summed E-state index contributed by atoms with van der Waals surface area (Å²) in [7, 11) is 0. The molecule has 2 unspecified atom stereocenters. The van der Waals surface area contributed by atoms with Crippen LogP contribution in [0.2, 0.25) is 0 Å². The van der Waals surface area contributed by atoms with Crippen molar-refractivity contribution in [1.82, 2.24) is 21.3 Å². The van der Waals surface area contributed by atoms with Gasteiger partial charge in [0.25, 0.3) is 0 Å². The van der Waals surface area contributed by atoms with Gasteiger partial charge in [-0.2, -0.15) is 0 Å². The van der Waals surface area contributed by atoms with E-state index in [1.165, 1.54) is 0 Å².